The first-order chi connectivity index (χ1) is 10.1. The van der Waals surface area contributed by atoms with Crippen molar-refractivity contribution in [3.05, 3.63) is 41.6 Å². The van der Waals surface area contributed by atoms with E-state index in [4.69, 9.17) is 0 Å². The van der Waals surface area contributed by atoms with Gasteiger partial charge in [0.1, 0.15) is 0 Å². The molecule has 126 valence electrons. The van der Waals surface area contributed by atoms with Gasteiger partial charge in [-0.05, 0) is 31.0 Å². The minimum atomic E-state index is 0. The lowest BCUT2D eigenvalue weighted by molar-refractivity contribution is 0.0941. The van der Waals surface area contributed by atoms with Crippen LogP contribution in [-0.2, 0) is 0 Å². The number of carbonyl (C=O) groups excluding carboxylic acids is 1. The Morgan fingerprint density at radius 3 is 2.70 bits per heavy atom. The number of halogens is 2. The summed E-state index contributed by atoms with van der Waals surface area (Å²) in [4.78, 5) is 17.3. The number of fused-ring (bicyclic) bond motifs is 1. The Balaban J connectivity index is 0.00000132. The molecule has 2 N–H and O–H groups in total. The number of para-hydroxylation sites is 1. The third-order valence-corrected chi connectivity index (χ3v) is 3.97. The van der Waals surface area contributed by atoms with Crippen LogP contribution in [0, 0.1) is 0 Å². The molecule has 1 saturated heterocycles. The van der Waals surface area contributed by atoms with Gasteiger partial charge in [-0.25, -0.2) is 0 Å². The van der Waals surface area contributed by atoms with E-state index >= 15 is 0 Å². The predicted molar refractivity (Wildman–Crippen MR) is 99.1 cm³/mol. The number of hydrogen-bond donors (Lipinski definition) is 2. The fraction of sp³-hybridized carbons (Fsp3) is 0.412. The van der Waals surface area contributed by atoms with Crippen molar-refractivity contribution in [3.63, 3.8) is 0 Å². The largest absolute Gasteiger partial charge is 0.348 e. The average Bonchev–Trinajstić information content (AvgIpc) is 2.98. The van der Waals surface area contributed by atoms with Gasteiger partial charge in [0.15, 0.2) is 0 Å². The predicted octanol–water partition coefficient (Wildman–Crippen LogP) is 3.29. The van der Waals surface area contributed by atoms with Crippen LogP contribution in [0.3, 0.4) is 0 Å². The number of amides is 1. The number of rotatable bonds is 3. The van der Waals surface area contributed by atoms with Gasteiger partial charge in [-0.2, -0.15) is 0 Å². The van der Waals surface area contributed by atoms with Gasteiger partial charge in [-0.15, -0.1) is 24.8 Å². The van der Waals surface area contributed by atoms with Crippen LogP contribution < -0.4 is 10.6 Å². The van der Waals surface area contributed by atoms with E-state index in [2.05, 4.69) is 29.5 Å². The number of aromatic nitrogens is 1. The van der Waals surface area contributed by atoms with Gasteiger partial charge >= 0.3 is 0 Å². The van der Waals surface area contributed by atoms with Crippen molar-refractivity contribution < 1.29 is 4.79 Å². The molecule has 0 radical (unpaired) electrons. The highest BCUT2D eigenvalue weighted by molar-refractivity contribution is 6.06. The monoisotopic (exact) mass is 355 g/mol. The second-order valence-electron chi connectivity index (χ2n) is 5.93. The summed E-state index contributed by atoms with van der Waals surface area (Å²) in [7, 11) is 0. The second kappa shape index (κ2) is 8.48. The maximum absolute atomic E-state index is 12.6. The molecule has 1 aromatic heterocycles. The van der Waals surface area contributed by atoms with E-state index in [-0.39, 0.29) is 36.8 Å². The van der Waals surface area contributed by atoms with E-state index < -0.39 is 0 Å². The van der Waals surface area contributed by atoms with Crippen molar-refractivity contribution in [3.8, 4) is 0 Å². The molecule has 4 nitrogen and oxygen atoms in total. The first-order valence-corrected chi connectivity index (χ1v) is 7.56. The zero-order valence-corrected chi connectivity index (χ0v) is 15.0. The van der Waals surface area contributed by atoms with Gasteiger partial charge < -0.3 is 10.6 Å². The Labute approximate surface area is 149 Å². The molecule has 1 atom stereocenters. The van der Waals surface area contributed by atoms with Crippen molar-refractivity contribution in [2.24, 2.45) is 0 Å². The van der Waals surface area contributed by atoms with Crippen LogP contribution in [0.5, 0.6) is 0 Å². The molecule has 3 rings (SSSR count). The summed E-state index contributed by atoms with van der Waals surface area (Å²) in [5.41, 5.74) is 2.58. The molecule has 0 aliphatic carbocycles. The van der Waals surface area contributed by atoms with E-state index in [1.165, 1.54) is 0 Å². The maximum Gasteiger partial charge on any atom is 0.252 e. The lowest BCUT2D eigenvalue weighted by atomic mass is 10.0. The van der Waals surface area contributed by atoms with Crippen LogP contribution in [0.25, 0.3) is 10.9 Å². The van der Waals surface area contributed by atoms with Gasteiger partial charge in [-0.3, -0.25) is 9.78 Å². The highest BCUT2D eigenvalue weighted by atomic mass is 35.5. The molecular formula is C17H23Cl2N3O. The van der Waals surface area contributed by atoms with Gasteiger partial charge in [0.25, 0.3) is 5.91 Å². The van der Waals surface area contributed by atoms with Crippen molar-refractivity contribution in [1.29, 1.82) is 0 Å². The zero-order valence-electron chi connectivity index (χ0n) is 13.3. The number of benzene rings is 1. The second-order valence-corrected chi connectivity index (χ2v) is 5.93. The summed E-state index contributed by atoms with van der Waals surface area (Å²) in [6, 6.07) is 10.0. The molecule has 1 aliphatic rings. The van der Waals surface area contributed by atoms with Gasteiger partial charge in [0.2, 0.25) is 0 Å². The third-order valence-electron chi connectivity index (χ3n) is 3.97. The highest BCUT2D eigenvalue weighted by Crippen LogP contribution is 2.22. The zero-order chi connectivity index (χ0) is 14.8. The summed E-state index contributed by atoms with van der Waals surface area (Å²) in [5.74, 6) is 0.304. The molecule has 1 unspecified atom stereocenters. The lowest BCUT2D eigenvalue weighted by Crippen LogP contribution is -2.36. The van der Waals surface area contributed by atoms with Crippen LogP contribution in [0.2, 0.25) is 0 Å². The smallest absolute Gasteiger partial charge is 0.252 e. The number of hydrogen-bond acceptors (Lipinski definition) is 3. The number of carbonyl (C=O) groups is 1. The molecule has 1 aliphatic heterocycles. The Bertz CT molecular complexity index is 670. The fourth-order valence-corrected chi connectivity index (χ4v) is 2.72. The minimum Gasteiger partial charge on any atom is -0.348 e. The lowest BCUT2D eigenvalue weighted by Gasteiger charge is -2.15. The number of nitrogens with one attached hydrogen (secondary N) is 2. The Kier molecular flexibility index (Phi) is 7.26. The summed E-state index contributed by atoms with van der Waals surface area (Å²) >= 11 is 0. The van der Waals surface area contributed by atoms with E-state index in [1.54, 1.807) is 0 Å². The van der Waals surface area contributed by atoms with E-state index in [0.717, 1.165) is 41.7 Å². The quantitative estimate of drug-likeness (QED) is 0.887. The first-order valence-electron chi connectivity index (χ1n) is 7.56. The molecule has 1 fully saturated rings. The van der Waals surface area contributed by atoms with Crippen molar-refractivity contribution in [2.75, 3.05) is 13.1 Å². The molecule has 0 spiro atoms. The maximum atomic E-state index is 12.6. The minimum absolute atomic E-state index is 0. The van der Waals surface area contributed by atoms with Gasteiger partial charge in [0, 0.05) is 23.7 Å². The first kappa shape index (κ1) is 19.7. The Hall–Kier alpha value is -1.36. The SMILES string of the molecule is CC(C)c1cc(C(=O)NC2CCNC2)c2ccccc2n1.Cl.Cl. The van der Waals surface area contributed by atoms with Crippen molar-refractivity contribution >= 4 is 41.6 Å². The molecule has 1 aromatic carbocycles. The van der Waals surface area contributed by atoms with Crippen molar-refractivity contribution in [1.82, 2.24) is 15.6 Å². The molecular weight excluding hydrogens is 333 g/mol. The number of nitrogens with zero attached hydrogens (tertiary/aromatic N) is 1. The average molecular weight is 356 g/mol. The van der Waals surface area contributed by atoms with Crippen LogP contribution >= 0.6 is 24.8 Å². The van der Waals surface area contributed by atoms with Crippen molar-refractivity contribution in [2.45, 2.75) is 32.2 Å². The summed E-state index contributed by atoms with van der Waals surface area (Å²) in [6.45, 7) is 6.02. The van der Waals surface area contributed by atoms with Crippen LogP contribution in [-0.4, -0.2) is 30.0 Å². The van der Waals surface area contributed by atoms with E-state index in [0.29, 0.717) is 5.92 Å². The Morgan fingerprint density at radius 2 is 2.04 bits per heavy atom. The fourth-order valence-electron chi connectivity index (χ4n) is 2.72. The van der Waals surface area contributed by atoms with Gasteiger partial charge in [-0.1, -0.05) is 32.0 Å². The molecule has 1 amide bonds. The van der Waals surface area contributed by atoms with Crippen LogP contribution in [0.4, 0.5) is 0 Å². The van der Waals surface area contributed by atoms with Crippen LogP contribution in [0.15, 0.2) is 30.3 Å². The standard InChI is InChI=1S/C17H21N3O.2ClH/c1-11(2)16-9-14(13-5-3-4-6-15(13)20-16)17(21)19-12-7-8-18-10-12;;/h3-6,9,11-12,18H,7-8,10H2,1-2H3,(H,19,21);2*1H. The molecule has 2 aromatic rings. The molecule has 6 heteroatoms. The Morgan fingerprint density at radius 1 is 1.30 bits per heavy atom. The van der Waals surface area contributed by atoms with E-state index in [9.17, 15) is 4.79 Å². The normalized spacial score (nSPS) is 16.7. The summed E-state index contributed by atoms with van der Waals surface area (Å²) < 4.78 is 0. The summed E-state index contributed by atoms with van der Waals surface area (Å²) in [6.07, 6.45) is 0.992. The third kappa shape index (κ3) is 4.34. The van der Waals surface area contributed by atoms with Crippen LogP contribution in [0.1, 0.15) is 42.2 Å². The molecule has 23 heavy (non-hydrogen) atoms. The summed E-state index contributed by atoms with van der Waals surface area (Å²) in [5, 5.41) is 7.31. The number of pyridine rings is 1. The molecule has 0 saturated carbocycles. The molecule has 0 bridgehead atoms. The van der Waals surface area contributed by atoms with Gasteiger partial charge in [0.05, 0.1) is 11.1 Å². The van der Waals surface area contributed by atoms with E-state index in [1.807, 2.05) is 30.3 Å². The highest BCUT2D eigenvalue weighted by Gasteiger charge is 2.20. The molecule has 2 heterocycles. The topological polar surface area (TPSA) is 54.0 Å².